The molecule has 3 aromatic heterocycles. The fourth-order valence-electron chi connectivity index (χ4n) is 2.90. The Hall–Kier alpha value is -2.67. The van der Waals surface area contributed by atoms with E-state index in [2.05, 4.69) is 19.9 Å². The molecule has 0 bridgehead atoms. The summed E-state index contributed by atoms with van der Waals surface area (Å²) in [5.41, 5.74) is 2.19. The molecule has 1 aromatic carbocycles. The molecule has 0 atom stereocenters. The lowest BCUT2D eigenvalue weighted by Gasteiger charge is -2.06. The van der Waals surface area contributed by atoms with Gasteiger partial charge in [0.25, 0.3) is 0 Å². The first-order valence-electron chi connectivity index (χ1n) is 7.95. The van der Waals surface area contributed by atoms with Gasteiger partial charge in [-0.25, -0.2) is 24.3 Å². The minimum absolute atomic E-state index is 0.279. The van der Waals surface area contributed by atoms with E-state index < -0.39 is 0 Å². The summed E-state index contributed by atoms with van der Waals surface area (Å²) in [6.45, 7) is 1.82. The van der Waals surface area contributed by atoms with Crippen LogP contribution in [0.2, 0.25) is 0 Å². The van der Waals surface area contributed by atoms with Crippen LogP contribution in [0, 0.1) is 12.7 Å². The molecule has 4 rings (SSSR count). The third-order valence-corrected chi connectivity index (χ3v) is 4.89. The van der Waals surface area contributed by atoms with E-state index in [1.165, 1.54) is 6.07 Å². The molecular formula is C18H16FN5S. The van der Waals surface area contributed by atoms with Crippen LogP contribution in [-0.4, -0.2) is 24.5 Å². The van der Waals surface area contributed by atoms with Crippen LogP contribution in [0.1, 0.15) is 17.3 Å². The van der Waals surface area contributed by atoms with Crippen LogP contribution in [0.5, 0.6) is 0 Å². The lowest BCUT2D eigenvalue weighted by atomic mass is 10.1. The highest BCUT2D eigenvalue weighted by Crippen LogP contribution is 2.22. The van der Waals surface area contributed by atoms with Gasteiger partial charge >= 0.3 is 0 Å². The Labute approximate surface area is 148 Å². The molecule has 0 unspecified atom stereocenters. The van der Waals surface area contributed by atoms with Gasteiger partial charge in [0.1, 0.15) is 28.2 Å². The summed E-state index contributed by atoms with van der Waals surface area (Å²) < 4.78 is 15.9. The standard InChI is InChI=1S/C18H16FN5S/c1-11-17-12(19)4-3-5-13(17)22-15(21-11)6-7-16-23-14(10-24(16)2)18-20-8-9-25-18/h3-5,8-10H,6-7H2,1-2H3. The average molecular weight is 353 g/mol. The summed E-state index contributed by atoms with van der Waals surface area (Å²) in [4.78, 5) is 17.9. The second-order valence-corrected chi connectivity index (χ2v) is 6.74. The maximum atomic E-state index is 13.9. The highest BCUT2D eigenvalue weighted by Gasteiger charge is 2.12. The highest BCUT2D eigenvalue weighted by molar-refractivity contribution is 7.13. The number of hydrogen-bond donors (Lipinski definition) is 0. The van der Waals surface area contributed by atoms with E-state index >= 15 is 0 Å². The molecule has 0 N–H and O–H groups in total. The molecule has 0 aliphatic heterocycles. The van der Waals surface area contributed by atoms with Crippen LogP contribution in [0.3, 0.4) is 0 Å². The van der Waals surface area contributed by atoms with E-state index in [0.29, 0.717) is 35.3 Å². The van der Waals surface area contributed by atoms with Crippen molar-refractivity contribution in [2.75, 3.05) is 0 Å². The number of rotatable bonds is 4. The molecule has 25 heavy (non-hydrogen) atoms. The van der Waals surface area contributed by atoms with Gasteiger partial charge in [-0.2, -0.15) is 0 Å². The van der Waals surface area contributed by atoms with Gasteiger partial charge in [-0.15, -0.1) is 11.3 Å². The van der Waals surface area contributed by atoms with Crippen LogP contribution in [0.4, 0.5) is 4.39 Å². The first kappa shape index (κ1) is 15.8. The zero-order chi connectivity index (χ0) is 17.4. The summed E-state index contributed by atoms with van der Waals surface area (Å²) in [5, 5.41) is 3.35. The second-order valence-electron chi connectivity index (χ2n) is 5.85. The Morgan fingerprint density at radius 1 is 1.16 bits per heavy atom. The molecule has 4 aromatic rings. The Bertz CT molecular complexity index is 1040. The van der Waals surface area contributed by atoms with Gasteiger partial charge in [0.05, 0.1) is 16.6 Å². The number of aryl methyl sites for hydroxylation is 4. The maximum absolute atomic E-state index is 13.9. The normalized spacial score (nSPS) is 11.3. The number of hydrogen-bond acceptors (Lipinski definition) is 5. The van der Waals surface area contributed by atoms with Crippen molar-refractivity contribution < 1.29 is 4.39 Å². The summed E-state index contributed by atoms with van der Waals surface area (Å²) in [7, 11) is 1.97. The molecule has 3 heterocycles. The van der Waals surface area contributed by atoms with Gasteiger partial charge in [0.15, 0.2) is 0 Å². The number of nitrogens with zero attached hydrogens (tertiary/aromatic N) is 5. The summed E-state index contributed by atoms with van der Waals surface area (Å²) >= 11 is 1.57. The molecule has 126 valence electrons. The Balaban J connectivity index is 1.59. The Kier molecular flexibility index (Phi) is 4.01. The molecule has 0 spiro atoms. The van der Waals surface area contributed by atoms with Gasteiger partial charge in [-0.05, 0) is 19.1 Å². The van der Waals surface area contributed by atoms with Crippen LogP contribution in [-0.2, 0) is 19.9 Å². The first-order valence-corrected chi connectivity index (χ1v) is 8.83. The molecule has 0 saturated heterocycles. The van der Waals surface area contributed by atoms with Gasteiger partial charge in [-0.3, -0.25) is 0 Å². The number of benzene rings is 1. The van der Waals surface area contributed by atoms with Crippen molar-refractivity contribution in [2.24, 2.45) is 7.05 Å². The van der Waals surface area contributed by atoms with Crippen molar-refractivity contribution in [2.45, 2.75) is 19.8 Å². The van der Waals surface area contributed by atoms with Crippen molar-refractivity contribution in [1.29, 1.82) is 0 Å². The molecule has 0 amide bonds. The molecule has 0 radical (unpaired) electrons. The molecule has 0 aliphatic carbocycles. The molecule has 7 heteroatoms. The SMILES string of the molecule is Cc1nc(CCc2nc(-c3nccs3)cn2C)nc2cccc(F)c12. The topological polar surface area (TPSA) is 56.5 Å². The molecule has 0 aliphatic rings. The number of fused-ring (bicyclic) bond motifs is 1. The van der Waals surface area contributed by atoms with E-state index in [4.69, 9.17) is 0 Å². The largest absolute Gasteiger partial charge is 0.337 e. The van der Waals surface area contributed by atoms with Crippen molar-refractivity contribution in [3.05, 3.63) is 59.1 Å². The minimum atomic E-state index is -0.279. The minimum Gasteiger partial charge on any atom is -0.337 e. The summed E-state index contributed by atoms with van der Waals surface area (Å²) in [6, 6.07) is 4.93. The predicted octanol–water partition coefficient (Wildman–Crippen LogP) is 3.72. The van der Waals surface area contributed by atoms with E-state index in [0.717, 1.165) is 16.5 Å². The van der Waals surface area contributed by atoms with Crippen molar-refractivity contribution in [3.8, 4) is 10.7 Å². The van der Waals surface area contributed by atoms with E-state index in [9.17, 15) is 4.39 Å². The lowest BCUT2D eigenvalue weighted by Crippen LogP contribution is -2.05. The van der Waals surface area contributed by atoms with E-state index in [1.54, 1.807) is 23.6 Å². The lowest BCUT2D eigenvalue weighted by molar-refractivity contribution is 0.637. The monoisotopic (exact) mass is 353 g/mol. The average Bonchev–Trinajstić information content (AvgIpc) is 3.22. The van der Waals surface area contributed by atoms with Crippen molar-refractivity contribution in [3.63, 3.8) is 0 Å². The number of thiazole rings is 1. The number of halogens is 1. The van der Waals surface area contributed by atoms with Gasteiger partial charge in [0, 0.05) is 37.7 Å². The quantitative estimate of drug-likeness (QED) is 0.561. The van der Waals surface area contributed by atoms with Gasteiger partial charge in [-0.1, -0.05) is 6.07 Å². The zero-order valence-electron chi connectivity index (χ0n) is 13.9. The van der Waals surface area contributed by atoms with Crippen LogP contribution < -0.4 is 0 Å². The van der Waals surface area contributed by atoms with E-state index in [-0.39, 0.29) is 5.82 Å². The fraction of sp³-hybridized carbons (Fsp3) is 0.222. The Morgan fingerprint density at radius 3 is 2.84 bits per heavy atom. The fourth-order valence-corrected chi connectivity index (χ4v) is 3.49. The molecule has 0 fully saturated rings. The number of imidazole rings is 1. The summed E-state index contributed by atoms with van der Waals surface area (Å²) in [5.74, 6) is 1.37. The van der Waals surface area contributed by atoms with Crippen LogP contribution in [0.25, 0.3) is 21.6 Å². The van der Waals surface area contributed by atoms with Crippen molar-refractivity contribution in [1.82, 2.24) is 24.5 Å². The highest BCUT2D eigenvalue weighted by atomic mass is 32.1. The van der Waals surface area contributed by atoms with Crippen LogP contribution in [0.15, 0.2) is 36.0 Å². The molecule has 0 saturated carbocycles. The second kappa shape index (κ2) is 6.33. The molecular weight excluding hydrogens is 337 g/mol. The smallest absolute Gasteiger partial charge is 0.143 e. The predicted molar refractivity (Wildman–Crippen MR) is 96.0 cm³/mol. The van der Waals surface area contributed by atoms with Crippen molar-refractivity contribution >= 4 is 22.2 Å². The number of aromatic nitrogens is 5. The Morgan fingerprint density at radius 2 is 2.04 bits per heavy atom. The zero-order valence-corrected chi connectivity index (χ0v) is 14.7. The third kappa shape index (κ3) is 3.02. The molecule has 5 nitrogen and oxygen atoms in total. The van der Waals surface area contributed by atoms with Crippen LogP contribution >= 0.6 is 11.3 Å². The third-order valence-electron chi connectivity index (χ3n) is 4.10. The first-order chi connectivity index (χ1) is 12.1. The van der Waals surface area contributed by atoms with Gasteiger partial charge in [0.2, 0.25) is 0 Å². The summed E-state index contributed by atoms with van der Waals surface area (Å²) in [6.07, 6.45) is 5.12. The van der Waals surface area contributed by atoms with E-state index in [1.807, 2.05) is 36.2 Å². The maximum Gasteiger partial charge on any atom is 0.143 e. The van der Waals surface area contributed by atoms with Gasteiger partial charge < -0.3 is 4.57 Å².